The van der Waals surface area contributed by atoms with Crippen molar-refractivity contribution in [2.45, 2.75) is 18.6 Å². The molecule has 136 valence electrons. The molecule has 1 aliphatic heterocycles. The van der Waals surface area contributed by atoms with E-state index in [9.17, 15) is 4.79 Å². The Labute approximate surface area is 161 Å². The van der Waals surface area contributed by atoms with Gasteiger partial charge in [0.1, 0.15) is 10.5 Å². The molecule has 1 aromatic heterocycles. The molecule has 0 aliphatic carbocycles. The lowest BCUT2D eigenvalue weighted by Gasteiger charge is -2.20. The number of fused-ring (bicyclic) bond motifs is 1. The van der Waals surface area contributed by atoms with Crippen molar-refractivity contribution >= 4 is 40.6 Å². The second-order valence-corrected chi connectivity index (χ2v) is 7.14. The Bertz CT molecular complexity index is 991. The molecule has 1 atom stereocenters. The zero-order valence-electron chi connectivity index (χ0n) is 14.8. The molecule has 4 rings (SSSR count). The summed E-state index contributed by atoms with van der Waals surface area (Å²) in [4.78, 5) is 21.6. The largest absolute Gasteiger partial charge is 0.462 e. The van der Waals surface area contributed by atoms with Crippen molar-refractivity contribution in [3.63, 3.8) is 0 Å². The van der Waals surface area contributed by atoms with Gasteiger partial charge in [0, 0.05) is 11.5 Å². The molecule has 1 unspecified atom stereocenters. The average molecular weight is 378 g/mol. The van der Waals surface area contributed by atoms with Gasteiger partial charge in [0.05, 0.1) is 6.61 Å². The van der Waals surface area contributed by atoms with Crippen LogP contribution in [-0.2, 0) is 9.53 Å². The van der Waals surface area contributed by atoms with Gasteiger partial charge in [-0.15, -0.1) is 0 Å². The molecule has 0 fully saturated rings. The SMILES string of the molecule is CCOC(=O)/C(=C1\N=CCC(c2ccccc2)S1)c1nc2ccccc2o1. The van der Waals surface area contributed by atoms with E-state index in [1.807, 2.05) is 48.7 Å². The average Bonchev–Trinajstić information content (AvgIpc) is 3.13. The van der Waals surface area contributed by atoms with Crippen LogP contribution in [0.25, 0.3) is 16.7 Å². The van der Waals surface area contributed by atoms with Gasteiger partial charge in [-0.05, 0) is 31.0 Å². The molecule has 0 bridgehead atoms. The van der Waals surface area contributed by atoms with Gasteiger partial charge in [0.15, 0.2) is 11.2 Å². The minimum absolute atomic E-state index is 0.174. The molecule has 27 heavy (non-hydrogen) atoms. The molecule has 0 spiro atoms. The van der Waals surface area contributed by atoms with Crippen molar-refractivity contribution in [2.24, 2.45) is 4.99 Å². The first-order valence-corrected chi connectivity index (χ1v) is 9.65. The molecule has 0 N–H and O–H groups in total. The van der Waals surface area contributed by atoms with E-state index in [2.05, 4.69) is 22.1 Å². The monoisotopic (exact) mass is 378 g/mol. The van der Waals surface area contributed by atoms with Crippen LogP contribution in [0.4, 0.5) is 0 Å². The molecule has 0 amide bonds. The summed E-state index contributed by atoms with van der Waals surface area (Å²) in [6.45, 7) is 2.04. The lowest BCUT2D eigenvalue weighted by atomic mass is 10.1. The maximum atomic E-state index is 12.7. The fraction of sp³-hybridized carbons (Fsp3) is 0.190. The van der Waals surface area contributed by atoms with Gasteiger partial charge in [0.25, 0.3) is 0 Å². The van der Waals surface area contributed by atoms with E-state index in [0.717, 1.165) is 6.42 Å². The summed E-state index contributed by atoms with van der Waals surface area (Å²) in [7, 11) is 0. The minimum atomic E-state index is -0.475. The first kappa shape index (κ1) is 17.5. The Morgan fingerprint density at radius 3 is 2.74 bits per heavy atom. The fourth-order valence-electron chi connectivity index (χ4n) is 2.89. The number of carbonyl (C=O) groups excluding carboxylic acids is 1. The predicted molar refractivity (Wildman–Crippen MR) is 107 cm³/mol. The molecule has 0 radical (unpaired) electrons. The summed E-state index contributed by atoms with van der Waals surface area (Å²) < 4.78 is 11.1. The summed E-state index contributed by atoms with van der Waals surface area (Å²) in [6.07, 6.45) is 2.63. The number of aromatic nitrogens is 1. The van der Waals surface area contributed by atoms with Crippen molar-refractivity contribution < 1.29 is 13.9 Å². The number of hydrogen-bond donors (Lipinski definition) is 0. The van der Waals surface area contributed by atoms with Crippen LogP contribution in [0, 0.1) is 0 Å². The highest BCUT2D eigenvalue weighted by atomic mass is 32.2. The van der Waals surface area contributed by atoms with Gasteiger partial charge in [-0.2, -0.15) is 0 Å². The van der Waals surface area contributed by atoms with E-state index < -0.39 is 5.97 Å². The second-order valence-electron chi connectivity index (χ2n) is 5.95. The third-order valence-corrected chi connectivity index (χ3v) is 5.44. The molecular weight excluding hydrogens is 360 g/mol. The van der Waals surface area contributed by atoms with Gasteiger partial charge >= 0.3 is 5.97 Å². The Morgan fingerprint density at radius 2 is 1.96 bits per heavy atom. The zero-order valence-corrected chi connectivity index (χ0v) is 15.6. The Balaban J connectivity index is 1.78. The predicted octanol–water partition coefficient (Wildman–Crippen LogP) is 5.01. The van der Waals surface area contributed by atoms with E-state index in [-0.39, 0.29) is 23.3 Å². The van der Waals surface area contributed by atoms with Gasteiger partial charge in [-0.3, -0.25) is 4.99 Å². The van der Waals surface area contributed by atoms with Crippen LogP contribution >= 0.6 is 11.8 Å². The number of para-hydroxylation sites is 2. The van der Waals surface area contributed by atoms with Crippen LogP contribution in [0.15, 0.2) is 69.0 Å². The van der Waals surface area contributed by atoms with E-state index in [0.29, 0.717) is 16.1 Å². The third-order valence-electron chi connectivity index (χ3n) is 4.15. The summed E-state index contributed by atoms with van der Waals surface area (Å²) >= 11 is 1.53. The Morgan fingerprint density at radius 1 is 1.19 bits per heavy atom. The summed E-state index contributed by atoms with van der Waals surface area (Å²) in [5.41, 5.74) is 2.78. The molecule has 3 aromatic rings. The Hall–Kier alpha value is -2.86. The van der Waals surface area contributed by atoms with Crippen LogP contribution < -0.4 is 0 Å². The molecule has 0 saturated carbocycles. The first-order valence-electron chi connectivity index (χ1n) is 8.77. The highest BCUT2D eigenvalue weighted by Gasteiger charge is 2.28. The number of esters is 1. The first-order chi connectivity index (χ1) is 13.3. The molecular formula is C21H18N2O3S. The van der Waals surface area contributed by atoms with Crippen LogP contribution in [0.3, 0.4) is 0 Å². The number of oxazole rings is 1. The van der Waals surface area contributed by atoms with Crippen molar-refractivity contribution in [3.05, 3.63) is 71.1 Å². The normalized spacial score (nSPS) is 18.5. The number of thioether (sulfide) groups is 1. The molecule has 6 heteroatoms. The van der Waals surface area contributed by atoms with Crippen molar-refractivity contribution in [2.75, 3.05) is 6.61 Å². The van der Waals surface area contributed by atoms with E-state index in [4.69, 9.17) is 9.15 Å². The fourth-order valence-corrected chi connectivity index (χ4v) is 4.06. The van der Waals surface area contributed by atoms with Gasteiger partial charge in [-0.1, -0.05) is 54.2 Å². The summed E-state index contributed by atoms with van der Waals surface area (Å²) in [5, 5.41) is 0.743. The number of rotatable bonds is 4. The molecule has 5 nitrogen and oxygen atoms in total. The smallest absolute Gasteiger partial charge is 0.346 e. The van der Waals surface area contributed by atoms with Crippen molar-refractivity contribution in [1.29, 1.82) is 0 Å². The zero-order chi connectivity index (χ0) is 18.6. The molecule has 0 saturated heterocycles. The standard InChI is InChI=1S/C21H18N2O3S/c1-2-25-21(24)18(19-23-15-10-6-7-11-16(15)26-19)20-22-13-12-17(27-20)14-8-4-3-5-9-14/h3-11,13,17H,2,12H2,1H3/b20-18+. The summed E-state index contributed by atoms with van der Waals surface area (Å²) in [5.74, 6) is -0.236. The van der Waals surface area contributed by atoms with Crippen LogP contribution in [0.5, 0.6) is 0 Å². The quantitative estimate of drug-likeness (QED) is 0.472. The highest BCUT2D eigenvalue weighted by molar-refractivity contribution is 8.03. The molecule has 1 aliphatic rings. The molecule has 2 aromatic carbocycles. The van der Waals surface area contributed by atoms with E-state index in [1.165, 1.54) is 17.3 Å². The maximum Gasteiger partial charge on any atom is 0.346 e. The minimum Gasteiger partial charge on any atom is -0.462 e. The highest BCUT2D eigenvalue weighted by Crippen LogP contribution is 2.43. The van der Waals surface area contributed by atoms with Gasteiger partial charge < -0.3 is 9.15 Å². The van der Waals surface area contributed by atoms with Crippen molar-refractivity contribution in [3.8, 4) is 0 Å². The number of nitrogens with zero attached hydrogens (tertiary/aromatic N) is 2. The third kappa shape index (κ3) is 3.66. The van der Waals surface area contributed by atoms with E-state index >= 15 is 0 Å². The lowest BCUT2D eigenvalue weighted by molar-refractivity contribution is -0.136. The maximum absolute atomic E-state index is 12.7. The number of aliphatic imine (C=N–C) groups is 1. The van der Waals surface area contributed by atoms with Crippen molar-refractivity contribution in [1.82, 2.24) is 4.98 Å². The Kier molecular flexibility index (Phi) is 5.07. The number of benzene rings is 2. The van der Waals surface area contributed by atoms with E-state index in [1.54, 1.807) is 6.92 Å². The number of ether oxygens (including phenoxy) is 1. The van der Waals surface area contributed by atoms with Gasteiger partial charge in [0.2, 0.25) is 5.89 Å². The second kappa shape index (κ2) is 7.80. The van der Waals surface area contributed by atoms with Crippen LogP contribution in [0.1, 0.15) is 30.0 Å². The van der Waals surface area contributed by atoms with Gasteiger partial charge in [-0.25, -0.2) is 9.78 Å². The topological polar surface area (TPSA) is 64.7 Å². The number of carbonyl (C=O) groups is 1. The van der Waals surface area contributed by atoms with Crippen LogP contribution in [0.2, 0.25) is 0 Å². The number of hydrogen-bond acceptors (Lipinski definition) is 6. The molecule has 2 heterocycles. The van der Waals surface area contributed by atoms with Crippen LogP contribution in [-0.4, -0.2) is 23.8 Å². The summed E-state index contributed by atoms with van der Waals surface area (Å²) in [6, 6.07) is 17.6. The lowest BCUT2D eigenvalue weighted by Crippen LogP contribution is -2.11.